The number of carbonyl (C=O) groups excluding carboxylic acids is 2. The Hall–Kier alpha value is -3.07. The first kappa shape index (κ1) is 69.9. The summed E-state index contributed by atoms with van der Waals surface area (Å²) in [4.78, 5) is 39.9. The minimum Gasteiger partial charge on any atom is -0.756 e. The number of hydrogen-bond donors (Lipinski definition) is 1. The molecule has 0 aromatic rings. The van der Waals surface area contributed by atoms with Crippen molar-refractivity contribution in [1.29, 1.82) is 0 Å². The minimum atomic E-state index is -4.72. The Balaban J connectivity index is 5.48. The first-order chi connectivity index (χ1) is 35.4. The summed E-state index contributed by atoms with van der Waals surface area (Å²) in [6, 6.07) is -0.925. The predicted octanol–water partition coefficient (Wildman–Crippen LogP) is 17.4. The second-order valence-corrected chi connectivity index (χ2v) is 22.2. The zero-order chi connectivity index (χ0) is 53.6. The summed E-state index contributed by atoms with van der Waals surface area (Å²) in [5, 5.41) is 3.00. The molecule has 0 aromatic heterocycles. The van der Waals surface area contributed by atoms with Gasteiger partial charge in [-0.25, -0.2) is 0 Å². The number of ether oxygens (including phenoxy) is 1. The van der Waals surface area contributed by atoms with Gasteiger partial charge in [-0.15, -0.1) is 0 Å². The summed E-state index contributed by atoms with van der Waals surface area (Å²) in [5.74, 6) is -0.648. The number of esters is 1. The molecule has 420 valence electrons. The van der Waals surface area contributed by atoms with Crippen LogP contribution < -0.4 is 10.2 Å². The monoisotopic (exact) mass is 1040 g/mol. The highest BCUT2D eigenvalue weighted by Gasteiger charge is 2.27. The molecule has 3 atom stereocenters. The summed E-state index contributed by atoms with van der Waals surface area (Å²) >= 11 is 0. The first-order valence-electron chi connectivity index (χ1n) is 29.5. The van der Waals surface area contributed by atoms with Crippen molar-refractivity contribution in [2.24, 2.45) is 0 Å². The van der Waals surface area contributed by atoms with Gasteiger partial charge in [0.25, 0.3) is 7.82 Å². The molecule has 0 aromatic carbocycles. The second-order valence-electron chi connectivity index (χ2n) is 20.8. The molecule has 9 nitrogen and oxygen atoms in total. The highest BCUT2D eigenvalue weighted by atomic mass is 31.2. The molecular formula is C63H111N2O7P. The maximum absolute atomic E-state index is 13.5. The highest BCUT2D eigenvalue weighted by Crippen LogP contribution is 2.38. The second kappa shape index (κ2) is 52.4. The van der Waals surface area contributed by atoms with Gasteiger partial charge in [-0.05, 0) is 96.0 Å². The van der Waals surface area contributed by atoms with E-state index in [0.29, 0.717) is 23.9 Å². The summed E-state index contributed by atoms with van der Waals surface area (Å²) in [7, 11) is 1.13. The quantitative estimate of drug-likeness (QED) is 0.0212. The fraction of sp³-hybridized carbons (Fsp3) is 0.714. The van der Waals surface area contributed by atoms with E-state index in [0.717, 1.165) is 89.9 Å². The van der Waals surface area contributed by atoms with Crippen LogP contribution in [-0.2, 0) is 27.9 Å². The van der Waals surface area contributed by atoms with Gasteiger partial charge in [-0.2, -0.15) is 0 Å². The molecule has 1 amide bonds. The van der Waals surface area contributed by atoms with Gasteiger partial charge in [0, 0.05) is 12.8 Å². The lowest BCUT2D eigenvalue weighted by Crippen LogP contribution is -2.47. The topological polar surface area (TPSA) is 114 Å². The largest absolute Gasteiger partial charge is 0.756 e. The maximum atomic E-state index is 13.5. The normalized spacial score (nSPS) is 14.5. The van der Waals surface area contributed by atoms with Gasteiger partial charge in [0.1, 0.15) is 19.3 Å². The Labute approximate surface area is 449 Å². The number of unbranched alkanes of at least 4 members (excludes halogenated alkanes) is 22. The van der Waals surface area contributed by atoms with Crippen molar-refractivity contribution in [2.75, 3.05) is 40.9 Å². The molecule has 0 aliphatic carbocycles. The molecule has 0 saturated carbocycles. The van der Waals surface area contributed by atoms with Crippen molar-refractivity contribution in [3.05, 3.63) is 97.2 Å². The number of phosphoric ester groups is 1. The number of likely N-dealkylation sites (N-methyl/N-ethyl adjacent to an activating group) is 1. The first-order valence-corrected chi connectivity index (χ1v) is 31.0. The van der Waals surface area contributed by atoms with Crippen molar-refractivity contribution in [1.82, 2.24) is 5.32 Å². The van der Waals surface area contributed by atoms with Crippen LogP contribution in [0, 0.1) is 0 Å². The van der Waals surface area contributed by atoms with Gasteiger partial charge in [-0.1, -0.05) is 227 Å². The number of rotatable bonds is 52. The maximum Gasteiger partial charge on any atom is 0.306 e. The summed E-state index contributed by atoms with van der Waals surface area (Å²) in [6.45, 7) is 6.66. The van der Waals surface area contributed by atoms with E-state index in [1.54, 1.807) is 6.08 Å². The molecule has 0 rings (SSSR count). The van der Waals surface area contributed by atoms with Crippen LogP contribution in [0.3, 0.4) is 0 Å². The van der Waals surface area contributed by atoms with Crippen molar-refractivity contribution in [2.45, 2.75) is 251 Å². The Morgan fingerprint density at radius 2 is 0.890 bits per heavy atom. The molecule has 0 bridgehead atoms. The molecule has 0 aliphatic heterocycles. The van der Waals surface area contributed by atoms with Crippen LogP contribution in [0.15, 0.2) is 97.2 Å². The Kier molecular flexibility index (Phi) is 50.2. The lowest BCUT2D eigenvalue weighted by atomic mass is 10.0. The van der Waals surface area contributed by atoms with E-state index in [4.69, 9.17) is 13.8 Å². The summed E-state index contributed by atoms with van der Waals surface area (Å²) in [6.07, 6.45) is 69.5. The summed E-state index contributed by atoms with van der Waals surface area (Å²) < 4.78 is 30.2. The van der Waals surface area contributed by atoms with Crippen LogP contribution in [0.25, 0.3) is 0 Å². The van der Waals surface area contributed by atoms with E-state index in [1.165, 1.54) is 109 Å². The van der Waals surface area contributed by atoms with Crippen molar-refractivity contribution < 1.29 is 37.3 Å². The molecule has 10 heteroatoms. The van der Waals surface area contributed by atoms with Crippen LogP contribution in [0.4, 0.5) is 0 Å². The van der Waals surface area contributed by atoms with E-state index in [-0.39, 0.29) is 18.9 Å². The number of amides is 1. The summed E-state index contributed by atoms with van der Waals surface area (Å²) in [5.41, 5.74) is 0. The van der Waals surface area contributed by atoms with E-state index in [9.17, 15) is 19.0 Å². The van der Waals surface area contributed by atoms with E-state index in [2.05, 4.69) is 99.0 Å². The van der Waals surface area contributed by atoms with Crippen LogP contribution >= 0.6 is 7.82 Å². The highest BCUT2D eigenvalue weighted by molar-refractivity contribution is 7.45. The minimum absolute atomic E-state index is 0.0383. The fourth-order valence-corrected chi connectivity index (χ4v) is 8.68. The Morgan fingerprint density at radius 3 is 1.36 bits per heavy atom. The average molecular weight is 1040 g/mol. The molecule has 0 fully saturated rings. The fourth-order valence-electron chi connectivity index (χ4n) is 7.95. The van der Waals surface area contributed by atoms with Gasteiger partial charge >= 0.3 is 5.97 Å². The third-order valence-electron chi connectivity index (χ3n) is 12.5. The third-order valence-corrected chi connectivity index (χ3v) is 13.5. The van der Waals surface area contributed by atoms with E-state index in [1.807, 2.05) is 39.4 Å². The zero-order valence-electron chi connectivity index (χ0n) is 47.8. The van der Waals surface area contributed by atoms with Gasteiger partial charge in [0.15, 0.2) is 0 Å². The number of quaternary nitrogens is 1. The van der Waals surface area contributed by atoms with Crippen LogP contribution in [-0.4, -0.2) is 69.4 Å². The molecule has 0 saturated heterocycles. The number of nitrogens with zero attached hydrogens (tertiary/aromatic N) is 1. The van der Waals surface area contributed by atoms with Crippen molar-refractivity contribution in [3.63, 3.8) is 0 Å². The SMILES string of the molecule is CC/C=C\C/C=C\C/C=C\C/C=C\C/C=C\C/C=C\CCC(=O)OC(/C=C/CCCCCCCCCCCCC)C(COP(=O)([O-])OCC[N+](C)(C)C)NC(=O)CCCCCCCCC/C=C\CCCCCC. The van der Waals surface area contributed by atoms with Crippen molar-refractivity contribution in [3.8, 4) is 0 Å². The van der Waals surface area contributed by atoms with Crippen LogP contribution in [0.2, 0.25) is 0 Å². The standard InChI is InChI=1S/C63H111N2O7P/c1-7-10-13-16-19-22-25-28-30-31-32-33-35-38-41-44-47-50-53-56-63(67)72-61(54-51-48-45-42-39-36-27-24-21-18-15-12-9-3)60(59-71-73(68,69)70-58-57-65(4,5)6)64-62(66)55-52-49-46-43-40-37-34-29-26-23-20-17-14-11-8-2/h10,13,19,22-23,26,28,30,32-33,38,41,47,50-51,54,60-61H,7-9,11-12,14-18,20-21,24-25,27,29,31,34-37,39-40,42-46,48-49,52-53,55-59H2,1-6H3,(H-,64,66,68,69)/b13-10-,22-19-,26-23-,30-28-,33-32-,41-38-,50-47-,54-51+. The Bertz CT molecular complexity index is 1570. The number of phosphoric acid groups is 1. The average Bonchev–Trinajstić information content (AvgIpc) is 3.35. The lowest BCUT2D eigenvalue weighted by molar-refractivity contribution is -0.870. The Morgan fingerprint density at radius 1 is 0.493 bits per heavy atom. The molecule has 0 radical (unpaired) electrons. The molecule has 0 aliphatic rings. The smallest absolute Gasteiger partial charge is 0.306 e. The molecule has 1 N–H and O–H groups in total. The number of carbonyl (C=O) groups is 2. The third kappa shape index (κ3) is 53.6. The van der Waals surface area contributed by atoms with Gasteiger partial charge < -0.3 is 28.5 Å². The van der Waals surface area contributed by atoms with Crippen LogP contribution in [0.1, 0.15) is 239 Å². The van der Waals surface area contributed by atoms with Gasteiger partial charge in [0.05, 0.1) is 33.8 Å². The molecule has 3 unspecified atom stereocenters. The molecule has 73 heavy (non-hydrogen) atoms. The van der Waals surface area contributed by atoms with E-state index < -0.39 is 32.5 Å². The van der Waals surface area contributed by atoms with Crippen LogP contribution in [0.5, 0.6) is 0 Å². The van der Waals surface area contributed by atoms with E-state index >= 15 is 0 Å². The molecule has 0 heterocycles. The van der Waals surface area contributed by atoms with Crippen molar-refractivity contribution >= 4 is 19.7 Å². The zero-order valence-corrected chi connectivity index (χ0v) is 48.7. The number of hydrogen-bond acceptors (Lipinski definition) is 7. The molecular weight excluding hydrogens is 928 g/mol. The predicted molar refractivity (Wildman–Crippen MR) is 311 cm³/mol. The lowest BCUT2D eigenvalue weighted by Gasteiger charge is -2.30. The van der Waals surface area contributed by atoms with Gasteiger partial charge in [0.2, 0.25) is 5.91 Å². The number of allylic oxidation sites excluding steroid dienone is 15. The van der Waals surface area contributed by atoms with Gasteiger partial charge in [-0.3, -0.25) is 14.2 Å². The molecule has 0 spiro atoms. The number of nitrogens with one attached hydrogen (secondary N) is 1.